The van der Waals surface area contributed by atoms with Gasteiger partial charge in [-0.15, -0.1) is 0 Å². The maximum Gasteiger partial charge on any atom is 0.168 e. The van der Waals surface area contributed by atoms with Gasteiger partial charge >= 0.3 is 0 Å². The average molecular weight is 200 g/mol. The van der Waals surface area contributed by atoms with Gasteiger partial charge in [0.25, 0.3) is 0 Å². The van der Waals surface area contributed by atoms with Gasteiger partial charge in [0.15, 0.2) is 5.16 Å². The van der Waals surface area contributed by atoms with E-state index in [2.05, 4.69) is 4.98 Å². The second kappa shape index (κ2) is 3.69. The summed E-state index contributed by atoms with van der Waals surface area (Å²) >= 11 is 1.57. The van der Waals surface area contributed by atoms with Crippen LogP contribution in [0.5, 0.6) is 0 Å². The number of ether oxygens (including phenoxy) is 1. The lowest BCUT2D eigenvalue weighted by Crippen LogP contribution is -2.20. The topological polar surface area (TPSA) is 47.3 Å². The maximum absolute atomic E-state index is 9.50. The highest BCUT2D eigenvalue weighted by molar-refractivity contribution is 7.99. The van der Waals surface area contributed by atoms with Crippen LogP contribution in [0.3, 0.4) is 0 Å². The molecule has 0 aliphatic carbocycles. The van der Waals surface area contributed by atoms with E-state index < -0.39 is 0 Å². The smallest absolute Gasteiger partial charge is 0.168 e. The van der Waals surface area contributed by atoms with Gasteiger partial charge in [-0.05, 0) is 0 Å². The van der Waals surface area contributed by atoms with Crippen LogP contribution < -0.4 is 0 Å². The minimum Gasteiger partial charge on any atom is -0.389 e. The highest BCUT2D eigenvalue weighted by Gasteiger charge is 2.28. The summed E-state index contributed by atoms with van der Waals surface area (Å²) in [7, 11) is 1.94. The second-order valence-corrected chi connectivity index (χ2v) is 4.29. The molecular formula is C8H12N2O2S. The fraction of sp³-hybridized carbons (Fsp3) is 0.625. The van der Waals surface area contributed by atoms with Crippen LogP contribution in [-0.2, 0) is 11.8 Å². The van der Waals surface area contributed by atoms with Gasteiger partial charge in [-0.2, -0.15) is 0 Å². The lowest BCUT2D eigenvalue weighted by atomic mass is 10.3. The Morgan fingerprint density at radius 2 is 2.54 bits per heavy atom. The van der Waals surface area contributed by atoms with E-state index in [1.54, 1.807) is 18.0 Å². The molecule has 4 nitrogen and oxygen atoms in total. The summed E-state index contributed by atoms with van der Waals surface area (Å²) in [6, 6.07) is 0. The van der Waals surface area contributed by atoms with Crippen LogP contribution in [0.15, 0.2) is 17.6 Å². The Kier molecular flexibility index (Phi) is 2.57. The molecule has 0 amide bonds. The van der Waals surface area contributed by atoms with E-state index in [4.69, 9.17) is 4.74 Å². The molecule has 2 rings (SSSR count). The Bertz CT molecular complexity index is 289. The van der Waals surface area contributed by atoms with Crippen molar-refractivity contribution in [2.24, 2.45) is 7.05 Å². The van der Waals surface area contributed by atoms with Gasteiger partial charge in [0.05, 0.1) is 24.6 Å². The molecular weight excluding hydrogens is 188 g/mol. The molecule has 0 aromatic carbocycles. The van der Waals surface area contributed by atoms with Gasteiger partial charge in [-0.25, -0.2) is 4.98 Å². The SMILES string of the molecule is Cn1ccnc1S[C@@H]1COC[C@H]1O. The Morgan fingerprint density at radius 1 is 1.69 bits per heavy atom. The third kappa shape index (κ3) is 1.87. The molecule has 5 heteroatoms. The van der Waals surface area contributed by atoms with Crippen LogP contribution in [0, 0.1) is 0 Å². The maximum atomic E-state index is 9.50. The van der Waals surface area contributed by atoms with Crippen LogP contribution in [0.1, 0.15) is 0 Å². The first kappa shape index (κ1) is 9.05. The highest BCUT2D eigenvalue weighted by atomic mass is 32.2. The molecule has 0 radical (unpaired) electrons. The molecule has 13 heavy (non-hydrogen) atoms. The quantitative estimate of drug-likeness (QED) is 0.744. The zero-order chi connectivity index (χ0) is 9.26. The number of aliphatic hydroxyl groups excluding tert-OH is 1. The molecule has 1 N–H and O–H groups in total. The van der Waals surface area contributed by atoms with Crippen molar-refractivity contribution in [2.45, 2.75) is 16.5 Å². The summed E-state index contributed by atoms with van der Waals surface area (Å²) in [5.74, 6) is 0. The minimum atomic E-state index is -0.360. The normalized spacial score (nSPS) is 28.2. The Morgan fingerprint density at radius 3 is 3.08 bits per heavy atom. The zero-order valence-electron chi connectivity index (χ0n) is 7.38. The number of hydrogen-bond donors (Lipinski definition) is 1. The van der Waals surface area contributed by atoms with E-state index in [9.17, 15) is 5.11 Å². The number of nitrogens with zero attached hydrogens (tertiary/aromatic N) is 2. The fourth-order valence-corrected chi connectivity index (χ4v) is 2.26. The van der Waals surface area contributed by atoms with E-state index in [1.165, 1.54) is 0 Å². The molecule has 1 aromatic heterocycles. The van der Waals surface area contributed by atoms with Crippen molar-refractivity contribution < 1.29 is 9.84 Å². The van der Waals surface area contributed by atoms with Gasteiger partial charge in [-0.1, -0.05) is 11.8 Å². The predicted molar refractivity (Wildman–Crippen MR) is 49.7 cm³/mol. The van der Waals surface area contributed by atoms with Gasteiger partial charge < -0.3 is 14.4 Å². The van der Waals surface area contributed by atoms with Crippen LogP contribution >= 0.6 is 11.8 Å². The van der Waals surface area contributed by atoms with Gasteiger partial charge in [-0.3, -0.25) is 0 Å². The number of aliphatic hydroxyl groups is 1. The van der Waals surface area contributed by atoms with Crippen LogP contribution in [0.2, 0.25) is 0 Å². The van der Waals surface area contributed by atoms with Crippen molar-refractivity contribution in [1.82, 2.24) is 9.55 Å². The van der Waals surface area contributed by atoms with Gasteiger partial charge in [0, 0.05) is 19.4 Å². The molecule has 0 bridgehead atoms. The lowest BCUT2D eigenvalue weighted by Gasteiger charge is -2.10. The van der Waals surface area contributed by atoms with Crippen LogP contribution in [0.25, 0.3) is 0 Å². The van der Waals surface area contributed by atoms with Crippen LogP contribution in [-0.4, -0.2) is 39.2 Å². The molecule has 2 atom stereocenters. The molecule has 0 unspecified atom stereocenters. The summed E-state index contributed by atoms with van der Waals surface area (Å²) in [4.78, 5) is 4.17. The van der Waals surface area contributed by atoms with Crippen molar-refractivity contribution in [3.63, 3.8) is 0 Å². The third-order valence-electron chi connectivity index (χ3n) is 2.03. The second-order valence-electron chi connectivity index (χ2n) is 3.08. The number of aromatic nitrogens is 2. The molecule has 1 aromatic rings. The molecule has 1 aliphatic rings. The summed E-state index contributed by atoms with van der Waals surface area (Å²) in [5.41, 5.74) is 0. The third-order valence-corrected chi connectivity index (χ3v) is 3.39. The summed E-state index contributed by atoms with van der Waals surface area (Å²) < 4.78 is 7.09. The van der Waals surface area contributed by atoms with E-state index in [0.717, 1.165) is 5.16 Å². The fourth-order valence-electron chi connectivity index (χ4n) is 1.24. The molecule has 2 heterocycles. The van der Waals surface area contributed by atoms with E-state index >= 15 is 0 Å². The van der Waals surface area contributed by atoms with Crippen molar-refractivity contribution in [1.29, 1.82) is 0 Å². The highest BCUT2D eigenvalue weighted by Crippen LogP contribution is 2.26. The molecule has 0 spiro atoms. The molecule has 0 saturated carbocycles. The van der Waals surface area contributed by atoms with Crippen molar-refractivity contribution in [3.8, 4) is 0 Å². The lowest BCUT2D eigenvalue weighted by molar-refractivity contribution is 0.127. The summed E-state index contributed by atoms with van der Waals surface area (Å²) in [6.07, 6.45) is 3.29. The number of aryl methyl sites for hydroxylation is 1. The molecule has 1 fully saturated rings. The van der Waals surface area contributed by atoms with Crippen LogP contribution in [0.4, 0.5) is 0 Å². The average Bonchev–Trinajstić information content (AvgIpc) is 2.65. The zero-order valence-corrected chi connectivity index (χ0v) is 8.20. The van der Waals surface area contributed by atoms with E-state index in [-0.39, 0.29) is 11.4 Å². The van der Waals surface area contributed by atoms with Crippen molar-refractivity contribution >= 4 is 11.8 Å². The first-order valence-electron chi connectivity index (χ1n) is 4.17. The summed E-state index contributed by atoms with van der Waals surface area (Å²) in [5, 5.41) is 10.5. The van der Waals surface area contributed by atoms with Crippen molar-refractivity contribution in [2.75, 3.05) is 13.2 Å². The molecule has 1 saturated heterocycles. The number of rotatable bonds is 2. The molecule has 72 valence electrons. The predicted octanol–water partition coefficient (Wildman–Crippen LogP) is 0.272. The minimum absolute atomic E-state index is 0.126. The Balaban J connectivity index is 2.01. The van der Waals surface area contributed by atoms with Gasteiger partial charge in [0.1, 0.15) is 0 Å². The Hall–Kier alpha value is -0.520. The van der Waals surface area contributed by atoms with E-state index in [1.807, 2.05) is 17.8 Å². The Labute approximate surface area is 80.9 Å². The first-order chi connectivity index (χ1) is 6.27. The molecule has 1 aliphatic heterocycles. The van der Waals surface area contributed by atoms with E-state index in [0.29, 0.717) is 13.2 Å². The standard InChI is InChI=1S/C8H12N2O2S/c1-10-3-2-9-8(10)13-7-5-12-4-6(7)11/h2-3,6-7,11H,4-5H2,1H3/t6-,7-/m1/s1. The summed E-state index contributed by atoms with van der Waals surface area (Å²) in [6.45, 7) is 1.06. The monoisotopic (exact) mass is 200 g/mol. The number of thioether (sulfide) groups is 1. The number of imidazole rings is 1. The van der Waals surface area contributed by atoms with Crippen molar-refractivity contribution in [3.05, 3.63) is 12.4 Å². The largest absolute Gasteiger partial charge is 0.389 e. The first-order valence-corrected chi connectivity index (χ1v) is 5.05. The van der Waals surface area contributed by atoms with Gasteiger partial charge in [0.2, 0.25) is 0 Å². The number of hydrogen-bond acceptors (Lipinski definition) is 4.